The van der Waals surface area contributed by atoms with Gasteiger partial charge in [0.15, 0.2) is 24.5 Å². The highest BCUT2D eigenvalue weighted by molar-refractivity contribution is 6.08. The summed E-state index contributed by atoms with van der Waals surface area (Å²) in [6, 6.07) is 5.57. The van der Waals surface area contributed by atoms with Crippen LogP contribution in [0.25, 0.3) is 0 Å². The van der Waals surface area contributed by atoms with Crippen LogP contribution in [0.2, 0.25) is 0 Å². The zero-order valence-corrected chi connectivity index (χ0v) is 10.5. The number of carbonyl (C=O) groups is 2. The lowest BCUT2D eigenvalue weighted by Gasteiger charge is -2.14. The first kappa shape index (κ1) is 15.8. The molecule has 1 aromatic rings. The van der Waals surface area contributed by atoms with Crippen LogP contribution in [0.15, 0.2) is 30.6 Å². The molecule has 1 aliphatic rings. The molecular weight excluding hydrogens is 265 g/mol. The zero-order valence-electron chi connectivity index (χ0n) is 8.93. The molecule has 7 heteroatoms. The lowest BCUT2D eigenvalue weighted by molar-refractivity contribution is -0.701. The number of hydrogen-bond acceptors (Lipinski definition) is 3. The second-order valence-electron chi connectivity index (χ2n) is 3.76. The molecule has 1 unspecified atom stereocenters. The highest BCUT2D eigenvalue weighted by atomic mass is 35.5. The third-order valence-corrected chi connectivity index (χ3v) is 2.42. The third-order valence-electron chi connectivity index (χ3n) is 2.42. The maximum atomic E-state index is 11.4. The van der Waals surface area contributed by atoms with E-state index in [0.717, 1.165) is 0 Å². The first-order valence-corrected chi connectivity index (χ1v) is 4.67. The van der Waals surface area contributed by atoms with Crippen molar-refractivity contribution in [2.45, 2.75) is 18.5 Å². The summed E-state index contributed by atoms with van der Waals surface area (Å²) in [6.45, 7) is 0.311. The summed E-state index contributed by atoms with van der Waals surface area (Å²) in [6.07, 6.45) is 3.67. The number of aromatic nitrogens is 1. The molecule has 3 N–H and O–H groups in total. The van der Waals surface area contributed by atoms with E-state index in [2.05, 4.69) is 5.32 Å². The predicted molar refractivity (Wildman–Crippen MR) is 58.6 cm³/mol. The Kier molecular flexibility index (Phi) is 5.54. The molecule has 5 nitrogen and oxygen atoms in total. The normalized spacial score (nSPS) is 22.4. The summed E-state index contributed by atoms with van der Waals surface area (Å²) in [5.41, 5.74) is 4.76. The lowest BCUT2D eigenvalue weighted by atomic mass is 9.99. The highest BCUT2D eigenvalue weighted by Gasteiger charge is 2.46. The van der Waals surface area contributed by atoms with Gasteiger partial charge in [-0.2, -0.15) is 0 Å². The summed E-state index contributed by atoms with van der Waals surface area (Å²) in [4.78, 5) is 22.5. The molecule has 0 saturated carbocycles. The maximum Gasteiger partial charge on any atom is 0.253 e. The van der Waals surface area contributed by atoms with E-state index in [1.54, 1.807) is 4.57 Å². The second-order valence-corrected chi connectivity index (χ2v) is 3.76. The quantitative estimate of drug-likeness (QED) is 0.429. The molecule has 1 aromatic heterocycles. The Morgan fingerprint density at radius 2 is 1.88 bits per heavy atom. The molecule has 2 amide bonds. The monoisotopic (exact) mass is 277 g/mol. The van der Waals surface area contributed by atoms with Gasteiger partial charge in [0, 0.05) is 12.1 Å². The van der Waals surface area contributed by atoms with Gasteiger partial charge in [0.05, 0.1) is 6.42 Å². The van der Waals surface area contributed by atoms with E-state index in [1.165, 1.54) is 0 Å². The smallest absolute Gasteiger partial charge is 0.253 e. The fourth-order valence-corrected chi connectivity index (χ4v) is 1.66. The van der Waals surface area contributed by atoms with Crippen molar-refractivity contribution in [3.05, 3.63) is 30.6 Å². The number of hydrogen-bond donors (Lipinski definition) is 2. The number of rotatable bonds is 2. The molecule has 0 spiro atoms. The topological polar surface area (TPSA) is 76.1 Å². The van der Waals surface area contributed by atoms with Crippen molar-refractivity contribution in [3.8, 4) is 0 Å². The van der Waals surface area contributed by atoms with Crippen molar-refractivity contribution >= 4 is 24.2 Å². The minimum Gasteiger partial charge on any atom is -1.00 e. The zero-order chi connectivity index (χ0) is 10.9. The Morgan fingerprint density at radius 1 is 1.29 bits per heavy atom. The minimum atomic E-state index is -1.11. The SMILES string of the molecule is Cl.NC1(C[n+]2ccccc2)CC(=O)NC1=O.[Cl-]. The molecule has 17 heavy (non-hydrogen) atoms. The van der Waals surface area contributed by atoms with Crippen LogP contribution >= 0.6 is 12.4 Å². The Balaban J connectivity index is 0.00000128. The molecule has 1 aliphatic heterocycles. The number of halogens is 2. The number of nitrogens with two attached hydrogens (primary N) is 1. The number of nitrogens with one attached hydrogen (secondary N) is 1. The van der Waals surface area contributed by atoms with Gasteiger partial charge in [-0.15, -0.1) is 12.4 Å². The van der Waals surface area contributed by atoms with Crippen LogP contribution in [0.5, 0.6) is 0 Å². The highest BCUT2D eigenvalue weighted by Crippen LogP contribution is 2.13. The Morgan fingerprint density at radius 3 is 2.35 bits per heavy atom. The lowest BCUT2D eigenvalue weighted by Crippen LogP contribution is -3.00. The van der Waals surface area contributed by atoms with Gasteiger partial charge in [-0.1, -0.05) is 6.07 Å². The van der Waals surface area contributed by atoms with Crippen LogP contribution < -0.4 is 28.0 Å². The molecular formula is C10H13Cl2N3O2. The van der Waals surface area contributed by atoms with E-state index in [1.807, 2.05) is 30.6 Å². The number of nitrogens with zero attached hydrogens (tertiary/aromatic N) is 1. The number of carbonyl (C=O) groups excluding carboxylic acids is 2. The first-order valence-electron chi connectivity index (χ1n) is 4.67. The molecule has 2 heterocycles. The van der Waals surface area contributed by atoms with Crippen LogP contribution in [0.3, 0.4) is 0 Å². The van der Waals surface area contributed by atoms with Gasteiger partial charge in [0.2, 0.25) is 5.91 Å². The van der Waals surface area contributed by atoms with Crippen LogP contribution in [0, 0.1) is 0 Å². The molecule has 1 atom stereocenters. The molecule has 0 aromatic carbocycles. The van der Waals surface area contributed by atoms with E-state index in [9.17, 15) is 9.59 Å². The van der Waals surface area contributed by atoms with Gasteiger partial charge in [-0.3, -0.25) is 14.9 Å². The Hall–Kier alpha value is -1.17. The van der Waals surface area contributed by atoms with E-state index >= 15 is 0 Å². The molecule has 1 saturated heterocycles. The predicted octanol–water partition coefficient (Wildman–Crippen LogP) is -3.86. The fraction of sp³-hybridized carbons (Fsp3) is 0.300. The summed E-state index contributed by atoms with van der Waals surface area (Å²) in [5, 5.41) is 2.21. The molecule has 0 aliphatic carbocycles. The van der Waals surface area contributed by atoms with E-state index in [4.69, 9.17) is 5.73 Å². The van der Waals surface area contributed by atoms with Gasteiger partial charge in [0.25, 0.3) is 5.91 Å². The Labute approximate surface area is 111 Å². The summed E-state index contributed by atoms with van der Waals surface area (Å²) in [7, 11) is 0. The number of imide groups is 1. The van der Waals surface area contributed by atoms with Gasteiger partial charge in [0.1, 0.15) is 0 Å². The average Bonchev–Trinajstić information content (AvgIpc) is 2.41. The summed E-state index contributed by atoms with van der Waals surface area (Å²) < 4.78 is 1.79. The first-order chi connectivity index (χ1) is 7.10. The van der Waals surface area contributed by atoms with Crippen molar-refractivity contribution in [2.24, 2.45) is 5.73 Å². The van der Waals surface area contributed by atoms with Gasteiger partial charge in [-0.25, -0.2) is 4.57 Å². The van der Waals surface area contributed by atoms with Crippen molar-refractivity contribution in [3.63, 3.8) is 0 Å². The van der Waals surface area contributed by atoms with E-state index < -0.39 is 11.4 Å². The van der Waals surface area contributed by atoms with Crippen LogP contribution in [-0.2, 0) is 16.1 Å². The Bertz CT molecular complexity index is 413. The molecule has 2 rings (SSSR count). The maximum absolute atomic E-state index is 11.4. The minimum absolute atomic E-state index is 0. The number of amides is 2. The van der Waals surface area contributed by atoms with Crippen molar-refractivity contribution in [2.75, 3.05) is 0 Å². The summed E-state index contributed by atoms with van der Waals surface area (Å²) in [5.74, 6) is -0.706. The van der Waals surface area contributed by atoms with E-state index in [-0.39, 0.29) is 37.1 Å². The molecule has 0 bridgehead atoms. The third kappa shape index (κ3) is 3.39. The molecule has 94 valence electrons. The van der Waals surface area contributed by atoms with Crippen molar-refractivity contribution in [1.82, 2.24) is 5.32 Å². The standard InChI is InChI=1S/C10H11N3O2.2ClH/c11-10(6-8(14)12-9(10)15)7-13-4-2-1-3-5-13;;/h1-5H,6-7,11H2;2*1H. The van der Waals surface area contributed by atoms with Gasteiger partial charge in [-0.05, 0) is 0 Å². The van der Waals surface area contributed by atoms with Crippen molar-refractivity contribution < 1.29 is 26.6 Å². The van der Waals surface area contributed by atoms with E-state index in [0.29, 0.717) is 6.54 Å². The second kappa shape index (κ2) is 5.95. The number of pyridine rings is 1. The molecule has 0 radical (unpaired) electrons. The average molecular weight is 278 g/mol. The van der Waals surface area contributed by atoms with Crippen LogP contribution in [0.1, 0.15) is 6.42 Å². The van der Waals surface area contributed by atoms with Crippen LogP contribution in [-0.4, -0.2) is 17.4 Å². The fourth-order valence-electron chi connectivity index (χ4n) is 1.66. The van der Waals surface area contributed by atoms with Gasteiger partial charge < -0.3 is 18.1 Å². The summed E-state index contributed by atoms with van der Waals surface area (Å²) >= 11 is 0. The van der Waals surface area contributed by atoms with Crippen LogP contribution in [0.4, 0.5) is 0 Å². The largest absolute Gasteiger partial charge is 1.00 e. The molecule has 1 fully saturated rings. The van der Waals surface area contributed by atoms with Gasteiger partial charge >= 0.3 is 0 Å². The van der Waals surface area contributed by atoms with Crippen molar-refractivity contribution in [1.29, 1.82) is 0 Å².